The summed E-state index contributed by atoms with van der Waals surface area (Å²) in [4.78, 5) is 7.77. The van der Waals surface area contributed by atoms with E-state index < -0.39 is 5.95 Å². The third-order valence-corrected chi connectivity index (χ3v) is 2.82. The maximum absolute atomic E-state index is 13.1. The maximum atomic E-state index is 13.1. The zero-order valence-electron chi connectivity index (χ0n) is 9.37. The molecule has 1 aliphatic carbocycles. The summed E-state index contributed by atoms with van der Waals surface area (Å²) in [5, 5.41) is 3.15. The fourth-order valence-corrected chi connectivity index (χ4v) is 2.00. The fraction of sp³-hybridized carbons (Fsp3) is 0.636. The second-order valence-electron chi connectivity index (χ2n) is 4.04. The van der Waals surface area contributed by atoms with E-state index in [-0.39, 0.29) is 5.88 Å². The summed E-state index contributed by atoms with van der Waals surface area (Å²) in [7, 11) is 1.46. The molecule has 1 fully saturated rings. The first-order valence-electron chi connectivity index (χ1n) is 5.63. The molecule has 0 aliphatic heterocycles. The molecule has 0 amide bonds. The third kappa shape index (κ3) is 2.81. The van der Waals surface area contributed by atoms with Crippen molar-refractivity contribution >= 4 is 5.95 Å². The second kappa shape index (κ2) is 5.09. The van der Waals surface area contributed by atoms with Gasteiger partial charge in [-0.05, 0) is 12.8 Å². The minimum Gasteiger partial charge on any atom is -0.481 e. The summed E-state index contributed by atoms with van der Waals surface area (Å²) in [6.45, 7) is 0. The molecule has 0 aromatic carbocycles. The van der Waals surface area contributed by atoms with Crippen molar-refractivity contribution in [3.8, 4) is 5.88 Å². The number of aromatic nitrogens is 2. The van der Waals surface area contributed by atoms with E-state index in [4.69, 9.17) is 4.74 Å². The Morgan fingerprint density at radius 2 is 2.06 bits per heavy atom. The van der Waals surface area contributed by atoms with Crippen LogP contribution >= 0.6 is 0 Å². The van der Waals surface area contributed by atoms with E-state index in [0.717, 1.165) is 12.8 Å². The molecule has 4 nitrogen and oxygen atoms in total. The molecule has 1 aromatic rings. The maximum Gasteiger partial charge on any atom is 0.228 e. The summed E-state index contributed by atoms with van der Waals surface area (Å²) in [6.07, 6.45) is 5.91. The number of halogens is 1. The van der Waals surface area contributed by atoms with Crippen LogP contribution in [0.5, 0.6) is 5.88 Å². The largest absolute Gasteiger partial charge is 0.481 e. The molecule has 88 valence electrons. The normalized spacial score (nSPS) is 17.1. The Morgan fingerprint density at radius 3 is 2.75 bits per heavy atom. The van der Waals surface area contributed by atoms with Crippen LogP contribution in [0.4, 0.5) is 10.3 Å². The highest BCUT2D eigenvalue weighted by Gasteiger charge is 2.15. The van der Waals surface area contributed by atoms with Crippen LogP contribution in [-0.4, -0.2) is 23.1 Å². The van der Waals surface area contributed by atoms with E-state index >= 15 is 0 Å². The van der Waals surface area contributed by atoms with Crippen LogP contribution in [0.2, 0.25) is 0 Å². The molecule has 1 heterocycles. The smallest absolute Gasteiger partial charge is 0.228 e. The molecule has 16 heavy (non-hydrogen) atoms. The zero-order chi connectivity index (χ0) is 11.4. The van der Waals surface area contributed by atoms with Gasteiger partial charge in [0.25, 0.3) is 0 Å². The number of methoxy groups -OCH3 is 1. The third-order valence-electron chi connectivity index (χ3n) is 2.82. The van der Waals surface area contributed by atoms with Crippen molar-refractivity contribution in [2.45, 2.75) is 38.1 Å². The molecule has 1 saturated carbocycles. The second-order valence-corrected chi connectivity index (χ2v) is 4.04. The first-order valence-corrected chi connectivity index (χ1v) is 5.63. The standard InChI is InChI=1S/C11H16FN3O/c1-16-10-7-9(12)14-11(15-10)13-8-5-3-2-4-6-8/h7-8H,2-6H2,1H3,(H,13,14,15). The van der Waals surface area contributed by atoms with Gasteiger partial charge in [0.05, 0.1) is 13.2 Å². The summed E-state index contributed by atoms with van der Waals surface area (Å²) in [6, 6.07) is 1.53. The highest BCUT2D eigenvalue weighted by atomic mass is 19.1. The Hall–Kier alpha value is -1.39. The van der Waals surface area contributed by atoms with Gasteiger partial charge in [-0.25, -0.2) is 0 Å². The van der Waals surface area contributed by atoms with Crippen LogP contribution in [-0.2, 0) is 0 Å². The molecule has 0 radical (unpaired) electrons. The Kier molecular flexibility index (Phi) is 3.54. The van der Waals surface area contributed by atoms with Gasteiger partial charge in [0.2, 0.25) is 17.8 Å². The molecule has 0 saturated heterocycles. The van der Waals surface area contributed by atoms with Crippen LogP contribution in [0.3, 0.4) is 0 Å². The highest BCUT2D eigenvalue weighted by molar-refractivity contribution is 5.29. The van der Waals surface area contributed by atoms with E-state index in [1.807, 2.05) is 0 Å². The molecule has 1 N–H and O–H groups in total. The van der Waals surface area contributed by atoms with Gasteiger partial charge < -0.3 is 10.1 Å². The monoisotopic (exact) mass is 225 g/mol. The van der Waals surface area contributed by atoms with E-state index in [1.54, 1.807) is 0 Å². The van der Waals surface area contributed by atoms with Gasteiger partial charge in [0.15, 0.2) is 0 Å². The van der Waals surface area contributed by atoms with Gasteiger partial charge >= 0.3 is 0 Å². The minimum atomic E-state index is -0.565. The minimum absolute atomic E-state index is 0.255. The summed E-state index contributed by atoms with van der Waals surface area (Å²) >= 11 is 0. The van der Waals surface area contributed by atoms with E-state index in [2.05, 4.69) is 15.3 Å². The molecule has 0 bridgehead atoms. The SMILES string of the molecule is COc1cc(F)nc(NC2CCCCC2)n1. The molecular formula is C11H16FN3O. The van der Waals surface area contributed by atoms with Gasteiger partial charge in [-0.15, -0.1) is 0 Å². The number of nitrogens with one attached hydrogen (secondary N) is 1. The number of rotatable bonds is 3. The Labute approximate surface area is 94.2 Å². The summed E-state index contributed by atoms with van der Waals surface area (Å²) in [5.74, 6) is 0.0136. The molecule has 5 heteroatoms. The van der Waals surface area contributed by atoms with E-state index in [0.29, 0.717) is 12.0 Å². The predicted molar refractivity (Wildman–Crippen MR) is 59.0 cm³/mol. The molecule has 2 rings (SSSR count). The first-order chi connectivity index (χ1) is 7.78. The quantitative estimate of drug-likeness (QED) is 0.802. The summed E-state index contributed by atoms with van der Waals surface area (Å²) < 4.78 is 18.0. The van der Waals surface area contributed by atoms with Crippen molar-refractivity contribution in [2.24, 2.45) is 0 Å². The van der Waals surface area contributed by atoms with Crippen LogP contribution in [0.15, 0.2) is 6.07 Å². The number of nitrogens with zero attached hydrogens (tertiary/aromatic N) is 2. The molecule has 0 atom stereocenters. The fourth-order valence-electron chi connectivity index (χ4n) is 2.00. The Morgan fingerprint density at radius 1 is 1.31 bits per heavy atom. The van der Waals surface area contributed by atoms with E-state index in [9.17, 15) is 4.39 Å². The van der Waals surface area contributed by atoms with Crippen molar-refractivity contribution in [3.63, 3.8) is 0 Å². The molecule has 0 unspecified atom stereocenters. The van der Waals surface area contributed by atoms with Gasteiger partial charge in [-0.2, -0.15) is 14.4 Å². The van der Waals surface area contributed by atoms with Crippen LogP contribution in [0.1, 0.15) is 32.1 Å². The lowest BCUT2D eigenvalue weighted by Gasteiger charge is -2.22. The number of anilines is 1. The predicted octanol–water partition coefficient (Wildman–Crippen LogP) is 2.37. The number of ether oxygens (including phenoxy) is 1. The zero-order valence-corrected chi connectivity index (χ0v) is 9.37. The average Bonchev–Trinajstić information content (AvgIpc) is 2.29. The van der Waals surface area contributed by atoms with Gasteiger partial charge in [-0.3, -0.25) is 0 Å². The van der Waals surface area contributed by atoms with Crippen LogP contribution in [0.25, 0.3) is 0 Å². The van der Waals surface area contributed by atoms with E-state index in [1.165, 1.54) is 32.4 Å². The number of hydrogen-bond acceptors (Lipinski definition) is 4. The first kappa shape index (κ1) is 11.1. The lowest BCUT2D eigenvalue weighted by atomic mass is 9.96. The van der Waals surface area contributed by atoms with Crippen molar-refractivity contribution in [2.75, 3.05) is 12.4 Å². The lowest BCUT2D eigenvalue weighted by molar-refractivity contribution is 0.390. The van der Waals surface area contributed by atoms with Crippen molar-refractivity contribution < 1.29 is 9.13 Å². The van der Waals surface area contributed by atoms with Crippen molar-refractivity contribution in [1.29, 1.82) is 0 Å². The average molecular weight is 225 g/mol. The van der Waals surface area contributed by atoms with Gasteiger partial charge in [0, 0.05) is 6.04 Å². The van der Waals surface area contributed by atoms with Crippen LogP contribution in [0, 0.1) is 5.95 Å². The molecular weight excluding hydrogens is 209 g/mol. The summed E-state index contributed by atoms with van der Waals surface area (Å²) in [5.41, 5.74) is 0. The molecule has 1 aliphatic rings. The molecule has 0 spiro atoms. The number of hydrogen-bond donors (Lipinski definition) is 1. The van der Waals surface area contributed by atoms with Crippen molar-refractivity contribution in [1.82, 2.24) is 9.97 Å². The van der Waals surface area contributed by atoms with Gasteiger partial charge in [-0.1, -0.05) is 19.3 Å². The highest BCUT2D eigenvalue weighted by Crippen LogP contribution is 2.21. The lowest BCUT2D eigenvalue weighted by Crippen LogP contribution is -2.23. The van der Waals surface area contributed by atoms with Crippen LogP contribution < -0.4 is 10.1 Å². The van der Waals surface area contributed by atoms with Crippen molar-refractivity contribution in [3.05, 3.63) is 12.0 Å². The topological polar surface area (TPSA) is 47.0 Å². The Balaban J connectivity index is 2.04. The molecule has 1 aromatic heterocycles. The Bertz CT molecular complexity index is 353. The van der Waals surface area contributed by atoms with Gasteiger partial charge in [0.1, 0.15) is 0 Å².